The Morgan fingerprint density at radius 3 is 2.48 bits per heavy atom. The van der Waals surface area contributed by atoms with Crippen molar-refractivity contribution in [2.24, 2.45) is 5.92 Å². The standard InChI is InChI=1S/C21H24N2O4/c1-14(2)20(23-19(24)11-15-6-4-3-5-7-15)21(25)22-12-16-8-9-17-18(10-16)27-13-26-17/h3-10,14,20H,11-13H2,1-2H3,(H,22,25)(H,23,24). The number of benzene rings is 2. The predicted molar refractivity (Wildman–Crippen MR) is 101 cm³/mol. The molecule has 0 fully saturated rings. The Morgan fingerprint density at radius 2 is 1.74 bits per heavy atom. The van der Waals surface area contributed by atoms with Crippen molar-refractivity contribution in [3.05, 3.63) is 59.7 Å². The van der Waals surface area contributed by atoms with Crippen molar-refractivity contribution in [3.63, 3.8) is 0 Å². The van der Waals surface area contributed by atoms with E-state index in [0.717, 1.165) is 11.1 Å². The molecule has 1 heterocycles. The lowest BCUT2D eigenvalue weighted by Crippen LogP contribution is -2.49. The summed E-state index contributed by atoms with van der Waals surface area (Å²) in [5, 5.41) is 5.74. The van der Waals surface area contributed by atoms with Gasteiger partial charge in [-0.2, -0.15) is 0 Å². The molecule has 142 valence electrons. The van der Waals surface area contributed by atoms with E-state index in [1.54, 1.807) is 0 Å². The van der Waals surface area contributed by atoms with Crippen LogP contribution in [0, 0.1) is 5.92 Å². The first kappa shape index (κ1) is 18.8. The molecule has 1 unspecified atom stereocenters. The van der Waals surface area contributed by atoms with Crippen LogP contribution in [0.3, 0.4) is 0 Å². The largest absolute Gasteiger partial charge is 0.454 e. The van der Waals surface area contributed by atoms with Crippen molar-refractivity contribution in [3.8, 4) is 11.5 Å². The normalized spacial score (nSPS) is 13.3. The summed E-state index contributed by atoms with van der Waals surface area (Å²) in [4.78, 5) is 24.9. The summed E-state index contributed by atoms with van der Waals surface area (Å²) >= 11 is 0. The van der Waals surface area contributed by atoms with Crippen LogP contribution in [0.25, 0.3) is 0 Å². The minimum Gasteiger partial charge on any atom is -0.454 e. The average molecular weight is 368 g/mol. The van der Waals surface area contributed by atoms with Gasteiger partial charge in [-0.3, -0.25) is 9.59 Å². The number of amides is 2. The highest BCUT2D eigenvalue weighted by Gasteiger charge is 2.24. The van der Waals surface area contributed by atoms with Gasteiger partial charge in [0, 0.05) is 6.54 Å². The number of hydrogen-bond donors (Lipinski definition) is 2. The van der Waals surface area contributed by atoms with Crippen molar-refractivity contribution in [1.82, 2.24) is 10.6 Å². The second kappa shape index (κ2) is 8.58. The highest BCUT2D eigenvalue weighted by atomic mass is 16.7. The number of carbonyl (C=O) groups is 2. The van der Waals surface area contributed by atoms with Crippen LogP contribution in [0.5, 0.6) is 11.5 Å². The Kier molecular flexibility index (Phi) is 5.96. The molecule has 0 radical (unpaired) electrons. The molecule has 1 aliphatic rings. The molecule has 3 rings (SSSR count). The van der Waals surface area contributed by atoms with Crippen LogP contribution in [-0.2, 0) is 22.6 Å². The van der Waals surface area contributed by atoms with E-state index in [-0.39, 0.29) is 30.9 Å². The molecule has 2 N–H and O–H groups in total. The van der Waals surface area contributed by atoms with Crippen molar-refractivity contribution >= 4 is 11.8 Å². The molecule has 2 amide bonds. The Labute approximate surface area is 158 Å². The number of hydrogen-bond acceptors (Lipinski definition) is 4. The van der Waals surface area contributed by atoms with Gasteiger partial charge < -0.3 is 20.1 Å². The second-order valence-corrected chi connectivity index (χ2v) is 6.86. The molecule has 2 aromatic carbocycles. The molecule has 1 aliphatic heterocycles. The maximum Gasteiger partial charge on any atom is 0.243 e. The third kappa shape index (κ3) is 5.00. The lowest BCUT2D eigenvalue weighted by Gasteiger charge is -2.22. The fourth-order valence-corrected chi connectivity index (χ4v) is 2.89. The maximum atomic E-state index is 12.6. The van der Waals surface area contributed by atoms with Crippen LogP contribution >= 0.6 is 0 Å². The van der Waals surface area contributed by atoms with E-state index in [2.05, 4.69) is 10.6 Å². The molecule has 27 heavy (non-hydrogen) atoms. The lowest BCUT2D eigenvalue weighted by molar-refractivity contribution is -0.129. The maximum absolute atomic E-state index is 12.6. The van der Waals surface area contributed by atoms with Gasteiger partial charge in [-0.25, -0.2) is 0 Å². The van der Waals surface area contributed by atoms with Gasteiger partial charge in [0.2, 0.25) is 18.6 Å². The summed E-state index contributed by atoms with van der Waals surface area (Å²) in [6, 6.07) is 14.4. The van der Waals surface area contributed by atoms with E-state index >= 15 is 0 Å². The van der Waals surface area contributed by atoms with Crippen LogP contribution in [-0.4, -0.2) is 24.6 Å². The number of fused-ring (bicyclic) bond motifs is 1. The lowest BCUT2D eigenvalue weighted by atomic mass is 10.0. The summed E-state index contributed by atoms with van der Waals surface area (Å²) in [6.07, 6.45) is 0.250. The molecular formula is C21H24N2O4. The van der Waals surface area contributed by atoms with Crippen LogP contribution in [0.1, 0.15) is 25.0 Å². The first-order valence-corrected chi connectivity index (χ1v) is 9.02. The fourth-order valence-electron chi connectivity index (χ4n) is 2.89. The first-order valence-electron chi connectivity index (χ1n) is 9.02. The van der Waals surface area contributed by atoms with Crippen LogP contribution < -0.4 is 20.1 Å². The second-order valence-electron chi connectivity index (χ2n) is 6.86. The van der Waals surface area contributed by atoms with E-state index in [9.17, 15) is 9.59 Å². The summed E-state index contributed by atoms with van der Waals surface area (Å²) in [5.74, 6) is 0.986. The van der Waals surface area contributed by atoms with E-state index in [1.807, 2.05) is 62.4 Å². The van der Waals surface area contributed by atoms with Gasteiger partial charge in [0.05, 0.1) is 6.42 Å². The summed E-state index contributed by atoms with van der Waals surface area (Å²) in [7, 11) is 0. The van der Waals surface area contributed by atoms with E-state index in [0.29, 0.717) is 18.0 Å². The Hall–Kier alpha value is -3.02. The molecule has 2 aromatic rings. The zero-order valence-corrected chi connectivity index (χ0v) is 15.5. The van der Waals surface area contributed by atoms with Crippen LogP contribution in [0.15, 0.2) is 48.5 Å². The number of nitrogens with one attached hydrogen (secondary N) is 2. The molecule has 0 saturated heterocycles. The van der Waals surface area contributed by atoms with E-state index in [4.69, 9.17) is 9.47 Å². The van der Waals surface area contributed by atoms with E-state index in [1.165, 1.54) is 0 Å². The quantitative estimate of drug-likeness (QED) is 0.787. The average Bonchev–Trinajstić information content (AvgIpc) is 3.12. The smallest absolute Gasteiger partial charge is 0.243 e. The predicted octanol–water partition coefficient (Wildman–Crippen LogP) is 2.42. The molecule has 0 aromatic heterocycles. The number of rotatable bonds is 7. The minimum absolute atomic E-state index is 0.0264. The first-order chi connectivity index (χ1) is 13.0. The molecule has 0 saturated carbocycles. The summed E-state index contributed by atoms with van der Waals surface area (Å²) in [5.41, 5.74) is 1.82. The Morgan fingerprint density at radius 1 is 1.00 bits per heavy atom. The summed E-state index contributed by atoms with van der Waals surface area (Å²) in [6.45, 7) is 4.39. The van der Waals surface area contributed by atoms with Crippen molar-refractivity contribution < 1.29 is 19.1 Å². The Bertz CT molecular complexity index is 805. The third-order valence-corrected chi connectivity index (χ3v) is 4.38. The third-order valence-electron chi connectivity index (χ3n) is 4.38. The molecule has 0 aliphatic carbocycles. The minimum atomic E-state index is -0.588. The molecule has 0 bridgehead atoms. The van der Waals surface area contributed by atoms with Gasteiger partial charge in [0.15, 0.2) is 11.5 Å². The van der Waals surface area contributed by atoms with Crippen molar-refractivity contribution in [2.75, 3.05) is 6.79 Å². The van der Waals surface area contributed by atoms with Gasteiger partial charge >= 0.3 is 0 Å². The van der Waals surface area contributed by atoms with Crippen molar-refractivity contribution in [2.45, 2.75) is 32.9 Å². The topological polar surface area (TPSA) is 76.7 Å². The van der Waals surface area contributed by atoms with Crippen molar-refractivity contribution in [1.29, 1.82) is 0 Å². The molecule has 6 nitrogen and oxygen atoms in total. The van der Waals surface area contributed by atoms with Gasteiger partial charge in [-0.05, 0) is 29.2 Å². The SMILES string of the molecule is CC(C)C(NC(=O)Cc1ccccc1)C(=O)NCc1ccc2c(c1)OCO2. The van der Waals surface area contributed by atoms with Gasteiger partial charge in [0.25, 0.3) is 0 Å². The van der Waals surface area contributed by atoms with Crippen LogP contribution in [0.4, 0.5) is 0 Å². The number of ether oxygens (including phenoxy) is 2. The number of carbonyl (C=O) groups excluding carboxylic acids is 2. The zero-order chi connectivity index (χ0) is 19.2. The highest BCUT2D eigenvalue weighted by Crippen LogP contribution is 2.32. The van der Waals surface area contributed by atoms with Gasteiger partial charge in [-0.15, -0.1) is 0 Å². The Balaban J connectivity index is 1.55. The van der Waals surface area contributed by atoms with E-state index < -0.39 is 6.04 Å². The molecule has 6 heteroatoms. The highest BCUT2D eigenvalue weighted by molar-refractivity contribution is 5.88. The fraction of sp³-hybridized carbons (Fsp3) is 0.333. The van der Waals surface area contributed by atoms with Gasteiger partial charge in [0.1, 0.15) is 6.04 Å². The molecule has 0 spiro atoms. The van der Waals surface area contributed by atoms with Crippen LogP contribution in [0.2, 0.25) is 0 Å². The van der Waals surface area contributed by atoms with Gasteiger partial charge in [-0.1, -0.05) is 50.2 Å². The zero-order valence-electron chi connectivity index (χ0n) is 15.5. The monoisotopic (exact) mass is 368 g/mol. The molecular weight excluding hydrogens is 344 g/mol. The molecule has 1 atom stereocenters. The summed E-state index contributed by atoms with van der Waals surface area (Å²) < 4.78 is 10.6.